The van der Waals surface area contributed by atoms with E-state index in [2.05, 4.69) is 355 Å². The van der Waals surface area contributed by atoms with Crippen LogP contribution in [0.2, 0.25) is 0 Å². The minimum atomic E-state index is 1.12. The van der Waals surface area contributed by atoms with E-state index in [4.69, 9.17) is 0 Å². The predicted molar refractivity (Wildman–Crippen MR) is 355 cm³/mol. The molecule has 0 aliphatic heterocycles. The van der Waals surface area contributed by atoms with Crippen molar-refractivity contribution >= 4 is 81.7 Å². The third kappa shape index (κ3) is 12.7. The average molecular weight is 1060 g/mol. The average Bonchev–Trinajstić information content (AvgIpc) is 3.68. The van der Waals surface area contributed by atoms with Crippen LogP contribution >= 0.6 is 0 Å². The number of benzene rings is 11. The van der Waals surface area contributed by atoms with Crippen LogP contribution in [0.5, 0.6) is 0 Å². The summed E-state index contributed by atoms with van der Waals surface area (Å²) < 4.78 is 0. The van der Waals surface area contributed by atoms with Crippen molar-refractivity contribution in [3.05, 3.63) is 356 Å². The van der Waals surface area contributed by atoms with E-state index >= 15 is 0 Å². The van der Waals surface area contributed by atoms with Crippen molar-refractivity contribution < 1.29 is 0 Å². The zero-order valence-electron chi connectivity index (χ0n) is 47.8. The number of hydrogen-bond donors (Lipinski definition) is 0. The van der Waals surface area contributed by atoms with Crippen LogP contribution in [0.15, 0.2) is 267 Å². The molecule has 0 aliphatic carbocycles. The highest BCUT2D eigenvalue weighted by molar-refractivity contribution is 5.94. The second-order valence-electron chi connectivity index (χ2n) is 21.4. The quantitative estimate of drug-likeness (QED) is 0.0890. The molecule has 0 bridgehead atoms. The van der Waals surface area contributed by atoms with E-state index in [0.717, 1.165) is 45.3 Å². The molecule has 82 heavy (non-hydrogen) atoms. The first-order valence-electron chi connectivity index (χ1n) is 28.4. The Hall–Kier alpha value is -10.0. The van der Waals surface area contributed by atoms with Gasteiger partial charge in [0.2, 0.25) is 0 Å². The molecule has 0 radical (unpaired) electrons. The summed E-state index contributed by atoms with van der Waals surface area (Å²) in [5.74, 6) is 0. The molecule has 0 N–H and O–H groups in total. The lowest BCUT2D eigenvalue weighted by molar-refractivity contribution is 1.25. The Morgan fingerprint density at radius 3 is 0.841 bits per heavy atom. The van der Waals surface area contributed by atoms with Gasteiger partial charge in [0.1, 0.15) is 0 Å². The molecular formula is C80H68N2. The van der Waals surface area contributed by atoms with Crippen molar-refractivity contribution in [3.63, 3.8) is 0 Å². The lowest BCUT2D eigenvalue weighted by Gasteiger charge is -2.27. The molecule has 0 aliphatic rings. The van der Waals surface area contributed by atoms with Gasteiger partial charge in [0.25, 0.3) is 0 Å². The number of aryl methyl sites for hydroxylation is 6. The van der Waals surface area contributed by atoms with Crippen molar-refractivity contribution in [1.82, 2.24) is 0 Å². The fourth-order valence-electron chi connectivity index (χ4n) is 10.9. The van der Waals surface area contributed by atoms with Crippen molar-refractivity contribution in [2.24, 2.45) is 0 Å². The Balaban J connectivity index is 0.827. The summed E-state index contributed by atoms with van der Waals surface area (Å²) in [5.41, 5.74) is 28.2. The fraction of sp³-hybridized carbons (Fsp3) is 0.0750. The molecular weight excluding hydrogens is 989 g/mol. The van der Waals surface area contributed by atoms with Crippen molar-refractivity contribution in [3.8, 4) is 0 Å². The molecule has 0 saturated heterocycles. The van der Waals surface area contributed by atoms with Gasteiger partial charge in [-0.1, -0.05) is 212 Å². The zero-order valence-corrected chi connectivity index (χ0v) is 47.8. The summed E-state index contributed by atoms with van der Waals surface area (Å²) in [7, 11) is 0. The minimum absolute atomic E-state index is 1.12. The zero-order chi connectivity index (χ0) is 56.4. The number of nitrogens with zero attached hydrogens (tertiary/aromatic N) is 2. The van der Waals surface area contributed by atoms with Gasteiger partial charge < -0.3 is 9.80 Å². The van der Waals surface area contributed by atoms with E-state index in [-0.39, 0.29) is 0 Å². The van der Waals surface area contributed by atoms with Crippen molar-refractivity contribution in [2.75, 3.05) is 9.80 Å². The first-order chi connectivity index (χ1) is 40.1. The van der Waals surface area contributed by atoms with Crippen LogP contribution in [0, 0.1) is 41.5 Å². The smallest absolute Gasteiger partial charge is 0.0464 e. The molecule has 0 unspecified atom stereocenters. The van der Waals surface area contributed by atoms with Gasteiger partial charge >= 0.3 is 0 Å². The molecule has 11 aromatic rings. The summed E-state index contributed by atoms with van der Waals surface area (Å²) in [6.07, 6.45) is 13.6. The summed E-state index contributed by atoms with van der Waals surface area (Å²) >= 11 is 0. The van der Waals surface area contributed by atoms with E-state index in [9.17, 15) is 0 Å². The first kappa shape index (κ1) is 54.0. The highest BCUT2D eigenvalue weighted by Crippen LogP contribution is 2.40. The van der Waals surface area contributed by atoms with Gasteiger partial charge in [-0.2, -0.15) is 0 Å². The van der Waals surface area contributed by atoms with Crippen LogP contribution in [0.3, 0.4) is 0 Å². The standard InChI is InChI=1S/C80H68N2/c1-57-22-19-34-73(48-57)81(77-46-42-71(61(5)52-77)55-79(67-26-11-7-12-27-67)68-28-13-8-14-29-68)75-44-40-65(59(3)50-75)38-36-63-24-21-25-64(54-63)37-39-66-41-45-76(51-60(66)4)82(74-35-20-23-58(2)49-74)78-47-43-72(62(6)53-78)56-80(69-30-15-9-16-31-69)70-32-17-10-18-33-70/h7-56H,1-6H3/b38-36+,39-37+. The molecule has 0 amide bonds. The largest absolute Gasteiger partial charge is 0.310 e. The summed E-state index contributed by atoms with van der Waals surface area (Å²) in [6, 6.07) is 96.3. The molecule has 11 rings (SSSR count). The molecule has 0 atom stereocenters. The van der Waals surface area contributed by atoms with Gasteiger partial charge in [-0.15, -0.1) is 0 Å². The maximum Gasteiger partial charge on any atom is 0.0464 e. The SMILES string of the molecule is Cc1cccc(N(c2ccc(C=C(c3ccccc3)c3ccccc3)c(C)c2)c2ccc(/C=C/c3cccc(/C=C/c4ccc(N(c5cccc(C)c5)c5ccc(C=C(c6ccccc6)c6ccccc6)c(C)c5)cc4C)c3)c(C)c2)c1. The van der Waals surface area contributed by atoms with Gasteiger partial charge in [-0.3, -0.25) is 0 Å². The third-order valence-corrected chi connectivity index (χ3v) is 15.3. The Labute approximate surface area is 486 Å². The van der Waals surface area contributed by atoms with Crippen molar-refractivity contribution in [2.45, 2.75) is 41.5 Å². The topological polar surface area (TPSA) is 6.48 Å². The van der Waals surface area contributed by atoms with Crippen LogP contribution in [-0.4, -0.2) is 0 Å². The Morgan fingerprint density at radius 1 is 0.244 bits per heavy atom. The number of rotatable bonds is 16. The fourth-order valence-corrected chi connectivity index (χ4v) is 10.9. The van der Waals surface area contributed by atoms with Gasteiger partial charge in [-0.25, -0.2) is 0 Å². The molecule has 0 heterocycles. The molecule has 2 heteroatoms. The molecule has 0 saturated carbocycles. The van der Waals surface area contributed by atoms with Crippen LogP contribution in [0.25, 0.3) is 47.6 Å². The van der Waals surface area contributed by atoms with Crippen LogP contribution in [0.4, 0.5) is 34.1 Å². The van der Waals surface area contributed by atoms with E-state index in [1.807, 2.05) is 0 Å². The molecule has 0 spiro atoms. The lowest BCUT2D eigenvalue weighted by atomic mass is 9.94. The monoisotopic (exact) mass is 1060 g/mol. The number of hydrogen-bond acceptors (Lipinski definition) is 2. The third-order valence-electron chi connectivity index (χ3n) is 15.3. The Bertz CT molecular complexity index is 3790. The van der Waals surface area contributed by atoms with Crippen molar-refractivity contribution in [1.29, 1.82) is 0 Å². The van der Waals surface area contributed by atoms with Gasteiger partial charge in [0.05, 0.1) is 0 Å². The molecule has 2 nitrogen and oxygen atoms in total. The second kappa shape index (κ2) is 25.0. The number of anilines is 6. The molecule has 398 valence electrons. The second-order valence-corrected chi connectivity index (χ2v) is 21.4. The minimum Gasteiger partial charge on any atom is -0.310 e. The highest BCUT2D eigenvalue weighted by atomic mass is 15.1. The van der Waals surface area contributed by atoms with E-state index in [1.165, 1.54) is 89.0 Å². The Morgan fingerprint density at radius 2 is 0.537 bits per heavy atom. The maximum atomic E-state index is 2.38. The van der Waals surface area contributed by atoms with Gasteiger partial charge in [0.15, 0.2) is 0 Å². The first-order valence-corrected chi connectivity index (χ1v) is 28.4. The van der Waals surface area contributed by atoms with E-state index < -0.39 is 0 Å². The molecule has 11 aromatic carbocycles. The predicted octanol–water partition coefficient (Wildman–Crippen LogP) is 22.0. The normalized spacial score (nSPS) is 11.2. The van der Waals surface area contributed by atoms with Crippen LogP contribution in [-0.2, 0) is 0 Å². The van der Waals surface area contributed by atoms with E-state index in [0.29, 0.717) is 0 Å². The highest BCUT2D eigenvalue weighted by Gasteiger charge is 2.18. The summed E-state index contributed by atoms with van der Waals surface area (Å²) in [4.78, 5) is 4.75. The lowest BCUT2D eigenvalue weighted by Crippen LogP contribution is -2.11. The summed E-state index contributed by atoms with van der Waals surface area (Å²) in [6.45, 7) is 13.2. The molecule has 0 fully saturated rings. The summed E-state index contributed by atoms with van der Waals surface area (Å²) in [5, 5.41) is 0. The Kier molecular flexibility index (Phi) is 16.4. The molecule has 0 aromatic heterocycles. The van der Waals surface area contributed by atoms with Crippen LogP contribution < -0.4 is 9.80 Å². The van der Waals surface area contributed by atoms with Crippen LogP contribution in [0.1, 0.15) is 89.0 Å². The maximum absolute atomic E-state index is 2.38. The van der Waals surface area contributed by atoms with Gasteiger partial charge in [0, 0.05) is 34.1 Å². The van der Waals surface area contributed by atoms with E-state index in [1.54, 1.807) is 0 Å². The van der Waals surface area contributed by atoms with Gasteiger partial charge in [-0.05, 0) is 233 Å².